The Morgan fingerprint density at radius 3 is 2.67 bits per heavy atom. The van der Waals surface area contributed by atoms with Gasteiger partial charge in [-0.25, -0.2) is 10.1 Å². The third-order valence-electron chi connectivity index (χ3n) is 5.51. The minimum absolute atomic E-state index is 0.0497. The third-order valence-corrected chi connectivity index (χ3v) is 6.56. The van der Waals surface area contributed by atoms with Crippen LogP contribution >= 0.6 is 11.8 Å². The Hall–Kier alpha value is -3.00. The monoisotopic (exact) mass is 420 g/mol. The molecule has 2 aromatic carbocycles. The number of anilines is 2. The summed E-state index contributed by atoms with van der Waals surface area (Å²) in [4.78, 5) is 19.7. The Balaban J connectivity index is 1.27. The van der Waals surface area contributed by atoms with Gasteiger partial charge in [-0.05, 0) is 62.6 Å². The van der Waals surface area contributed by atoms with Crippen molar-refractivity contribution < 1.29 is 4.79 Å². The second kappa shape index (κ2) is 8.02. The van der Waals surface area contributed by atoms with Crippen LogP contribution in [0.2, 0.25) is 0 Å². The zero-order chi connectivity index (χ0) is 20.5. The molecule has 2 N–H and O–H groups in total. The van der Waals surface area contributed by atoms with E-state index in [0.717, 1.165) is 35.0 Å². The zero-order valence-electron chi connectivity index (χ0n) is 16.8. The average molecular weight is 421 g/mol. The molecule has 30 heavy (non-hydrogen) atoms. The maximum absolute atomic E-state index is 12.8. The molecule has 1 aliphatic rings. The van der Waals surface area contributed by atoms with E-state index in [1.807, 2.05) is 47.7 Å². The quantitative estimate of drug-likeness (QED) is 0.470. The highest BCUT2D eigenvalue weighted by molar-refractivity contribution is 8.00. The number of aromatic nitrogens is 4. The first-order chi connectivity index (χ1) is 14.7. The van der Waals surface area contributed by atoms with Gasteiger partial charge >= 0.3 is 0 Å². The number of carbonyl (C=O) groups is 1. The van der Waals surface area contributed by atoms with Crippen molar-refractivity contribution in [2.45, 2.75) is 36.6 Å². The molecule has 154 valence electrons. The van der Waals surface area contributed by atoms with Crippen LogP contribution in [0, 0.1) is 0 Å². The molecule has 0 aliphatic carbocycles. The maximum Gasteiger partial charge on any atom is 0.237 e. The highest BCUT2D eigenvalue weighted by Crippen LogP contribution is 2.27. The molecule has 0 saturated carbocycles. The lowest BCUT2D eigenvalue weighted by atomic mass is 10.1. The minimum atomic E-state index is -0.306. The van der Waals surface area contributed by atoms with Crippen LogP contribution in [0.1, 0.15) is 26.2 Å². The summed E-state index contributed by atoms with van der Waals surface area (Å²) < 4.78 is 1.96. The Morgan fingerprint density at radius 1 is 1.10 bits per heavy atom. The number of carbonyl (C=O) groups excluding carboxylic acids is 1. The first-order valence-electron chi connectivity index (χ1n) is 10.3. The number of aromatic amines is 1. The molecule has 1 amide bonds. The molecule has 1 atom stereocenters. The van der Waals surface area contributed by atoms with E-state index in [1.54, 1.807) is 0 Å². The van der Waals surface area contributed by atoms with E-state index in [4.69, 9.17) is 0 Å². The van der Waals surface area contributed by atoms with Crippen LogP contribution in [-0.4, -0.2) is 43.8 Å². The normalized spacial score (nSPS) is 15.6. The average Bonchev–Trinajstić information content (AvgIpc) is 3.34. The van der Waals surface area contributed by atoms with E-state index in [0.29, 0.717) is 5.78 Å². The fourth-order valence-electron chi connectivity index (χ4n) is 3.88. The molecule has 0 radical (unpaired) electrons. The van der Waals surface area contributed by atoms with Crippen LogP contribution in [0.25, 0.3) is 16.8 Å². The second-order valence-corrected chi connectivity index (χ2v) is 8.92. The number of rotatable bonds is 5. The largest absolute Gasteiger partial charge is 0.372 e. The van der Waals surface area contributed by atoms with E-state index in [9.17, 15) is 4.79 Å². The molecule has 2 aromatic heterocycles. The molecule has 1 saturated heterocycles. The van der Waals surface area contributed by atoms with Crippen LogP contribution in [0.15, 0.2) is 53.7 Å². The number of fused-ring (bicyclic) bond motifs is 3. The van der Waals surface area contributed by atoms with Gasteiger partial charge in [-0.2, -0.15) is 0 Å². The van der Waals surface area contributed by atoms with Gasteiger partial charge in [0.1, 0.15) is 0 Å². The van der Waals surface area contributed by atoms with E-state index in [1.165, 1.54) is 36.7 Å². The van der Waals surface area contributed by atoms with Gasteiger partial charge in [0.05, 0.1) is 16.3 Å². The number of thioether (sulfide) groups is 1. The minimum Gasteiger partial charge on any atom is -0.372 e. The third kappa shape index (κ3) is 3.63. The molecule has 4 aromatic rings. The number of nitrogens with zero attached hydrogens (tertiary/aromatic N) is 4. The molecule has 7 nitrogen and oxygen atoms in total. The number of H-pyrrole nitrogens is 1. The Morgan fingerprint density at radius 2 is 1.87 bits per heavy atom. The summed E-state index contributed by atoms with van der Waals surface area (Å²) in [7, 11) is 0. The summed E-state index contributed by atoms with van der Waals surface area (Å²) in [6.45, 7) is 4.11. The Labute approximate surface area is 178 Å². The van der Waals surface area contributed by atoms with Crippen LogP contribution in [0.4, 0.5) is 11.4 Å². The number of benzene rings is 2. The highest BCUT2D eigenvalue weighted by atomic mass is 32.2. The van der Waals surface area contributed by atoms with Gasteiger partial charge in [0.25, 0.3) is 0 Å². The lowest BCUT2D eigenvalue weighted by Gasteiger charge is -2.28. The lowest BCUT2D eigenvalue weighted by Crippen LogP contribution is -2.29. The Bertz CT molecular complexity index is 1180. The first kappa shape index (κ1) is 19.0. The zero-order valence-corrected chi connectivity index (χ0v) is 17.7. The number of hydrogen-bond acceptors (Lipinski definition) is 5. The van der Waals surface area contributed by atoms with Crippen LogP contribution in [-0.2, 0) is 4.79 Å². The van der Waals surface area contributed by atoms with Gasteiger partial charge in [0.15, 0.2) is 5.16 Å². The molecule has 0 spiro atoms. The molecule has 5 rings (SSSR count). The van der Waals surface area contributed by atoms with Crippen molar-refractivity contribution in [3.05, 3.63) is 48.5 Å². The maximum atomic E-state index is 12.8. The number of imidazole rings is 1. The molecule has 3 heterocycles. The van der Waals surface area contributed by atoms with Crippen LogP contribution in [0.5, 0.6) is 0 Å². The van der Waals surface area contributed by atoms with Gasteiger partial charge in [-0.3, -0.25) is 9.20 Å². The standard InChI is InChI=1S/C22H24N6OS/c1-15(30-22-26-25-21-24-18-7-3-4-8-19(18)28(21)22)20(29)23-16-9-11-17(12-10-16)27-13-5-2-6-14-27/h3-4,7-12,15H,2,5-6,13-14H2,1H3,(H,23,29)(H,24,25)/t15-/m1/s1. The van der Waals surface area contributed by atoms with Crippen LogP contribution < -0.4 is 10.2 Å². The summed E-state index contributed by atoms with van der Waals surface area (Å²) >= 11 is 1.41. The number of amides is 1. The number of nitrogens with one attached hydrogen (secondary N) is 2. The van der Waals surface area contributed by atoms with Gasteiger partial charge in [-0.1, -0.05) is 23.9 Å². The summed E-state index contributed by atoms with van der Waals surface area (Å²) in [6, 6.07) is 16.0. The summed E-state index contributed by atoms with van der Waals surface area (Å²) in [5.74, 6) is 0.630. The van der Waals surface area contributed by atoms with Gasteiger partial charge in [0.2, 0.25) is 11.7 Å². The van der Waals surface area contributed by atoms with Crippen molar-refractivity contribution in [3.8, 4) is 0 Å². The molecule has 0 unspecified atom stereocenters. The molecule has 1 fully saturated rings. The first-order valence-corrected chi connectivity index (χ1v) is 11.2. The predicted octanol–water partition coefficient (Wildman–Crippen LogP) is 4.32. The number of hydrogen-bond donors (Lipinski definition) is 2. The van der Waals surface area contributed by atoms with Gasteiger partial charge < -0.3 is 10.2 Å². The van der Waals surface area contributed by atoms with Crippen molar-refractivity contribution in [2.75, 3.05) is 23.3 Å². The Kier molecular flexibility index (Phi) is 5.08. The van der Waals surface area contributed by atoms with Crippen molar-refractivity contribution in [2.24, 2.45) is 0 Å². The molecule has 1 aliphatic heterocycles. The second-order valence-electron chi connectivity index (χ2n) is 7.61. The molecular formula is C22H24N6OS. The van der Waals surface area contributed by atoms with Crippen molar-refractivity contribution in [1.82, 2.24) is 19.6 Å². The molecule has 0 bridgehead atoms. The summed E-state index contributed by atoms with van der Waals surface area (Å²) in [5.41, 5.74) is 3.91. The summed E-state index contributed by atoms with van der Waals surface area (Å²) in [5, 5.41) is 10.7. The predicted molar refractivity (Wildman–Crippen MR) is 121 cm³/mol. The van der Waals surface area contributed by atoms with Crippen molar-refractivity contribution in [1.29, 1.82) is 0 Å². The van der Waals surface area contributed by atoms with Crippen LogP contribution in [0.3, 0.4) is 0 Å². The SMILES string of the molecule is C[C@@H](Sc1n[nH]c2nc3ccccc3n12)C(=O)Nc1ccc(N2CCCCC2)cc1. The number of piperidine rings is 1. The topological polar surface area (TPSA) is 78.3 Å². The number of para-hydroxylation sites is 2. The van der Waals surface area contributed by atoms with E-state index >= 15 is 0 Å². The highest BCUT2D eigenvalue weighted by Gasteiger charge is 2.20. The lowest BCUT2D eigenvalue weighted by molar-refractivity contribution is -0.115. The van der Waals surface area contributed by atoms with E-state index in [2.05, 4.69) is 37.5 Å². The molecular weight excluding hydrogens is 396 g/mol. The fraction of sp³-hybridized carbons (Fsp3) is 0.318. The van der Waals surface area contributed by atoms with Gasteiger partial charge in [-0.15, -0.1) is 5.10 Å². The summed E-state index contributed by atoms with van der Waals surface area (Å²) in [6.07, 6.45) is 3.82. The van der Waals surface area contributed by atoms with E-state index in [-0.39, 0.29) is 11.2 Å². The van der Waals surface area contributed by atoms with Gasteiger partial charge in [0, 0.05) is 24.5 Å². The molecule has 8 heteroatoms. The van der Waals surface area contributed by atoms with Crippen molar-refractivity contribution >= 4 is 45.9 Å². The fourth-order valence-corrected chi connectivity index (χ4v) is 4.76. The van der Waals surface area contributed by atoms with Crippen molar-refractivity contribution in [3.63, 3.8) is 0 Å². The smallest absolute Gasteiger partial charge is 0.237 e. The van der Waals surface area contributed by atoms with E-state index < -0.39 is 0 Å².